The molecule has 0 rings (SSSR count). The number of hydrogen-bond acceptors (Lipinski definition) is 5. The molecule has 6 heteroatoms. The lowest BCUT2D eigenvalue weighted by Crippen LogP contribution is -2.52. The Morgan fingerprint density at radius 1 is 1.28 bits per heavy atom. The molecule has 1 N–H and O–H groups in total. The van der Waals surface area contributed by atoms with Gasteiger partial charge in [0.05, 0.1) is 23.7 Å². The highest BCUT2D eigenvalue weighted by atomic mass is 32.2. The number of hydrogen-bond donors (Lipinski definition) is 1. The van der Waals surface area contributed by atoms with E-state index in [1.807, 2.05) is 20.8 Å². The molecule has 0 fully saturated rings. The van der Waals surface area contributed by atoms with Crippen LogP contribution in [0.1, 0.15) is 27.2 Å². The smallest absolute Gasteiger partial charge is 0.154 e. The first kappa shape index (κ1) is 17.8. The zero-order chi connectivity index (χ0) is 14.2. The summed E-state index contributed by atoms with van der Waals surface area (Å²) in [6, 6.07) is -0.218. The van der Waals surface area contributed by atoms with Gasteiger partial charge in [-0.3, -0.25) is 0 Å². The molecule has 0 aromatic rings. The molecule has 0 spiro atoms. The molecule has 0 saturated carbocycles. The van der Waals surface area contributed by atoms with Crippen LogP contribution in [0.3, 0.4) is 0 Å². The predicted octanol–water partition coefficient (Wildman–Crippen LogP) is 0.841. The van der Waals surface area contributed by atoms with Crippen LogP contribution in [-0.4, -0.2) is 58.9 Å². The summed E-state index contributed by atoms with van der Waals surface area (Å²) < 4.78 is 34.1. The minimum atomic E-state index is -3.13. The Bertz CT molecular complexity index is 314. The van der Waals surface area contributed by atoms with Crippen LogP contribution in [0.5, 0.6) is 0 Å². The lowest BCUT2D eigenvalue weighted by molar-refractivity contribution is -0.00394. The van der Waals surface area contributed by atoms with E-state index in [1.165, 1.54) is 7.11 Å². The Kier molecular flexibility index (Phi) is 8.02. The Labute approximate surface area is 111 Å². The molecule has 1 atom stereocenters. The monoisotopic (exact) mass is 281 g/mol. The van der Waals surface area contributed by atoms with E-state index < -0.39 is 15.4 Å². The normalized spacial score (nSPS) is 14.7. The highest BCUT2D eigenvalue weighted by Gasteiger charge is 2.32. The van der Waals surface area contributed by atoms with E-state index >= 15 is 0 Å². The van der Waals surface area contributed by atoms with E-state index in [-0.39, 0.29) is 24.2 Å². The second-order valence-electron chi connectivity index (χ2n) is 4.92. The molecule has 0 aliphatic rings. The molecule has 5 nitrogen and oxygen atoms in total. The maximum absolute atomic E-state index is 12.0. The van der Waals surface area contributed by atoms with Crippen LogP contribution in [0.2, 0.25) is 0 Å². The average Bonchev–Trinajstić information content (AvgIpc) is 2.31. The van der Waals surface area contributed by atoms with Gasteiger partial charge in [-0.1, -0.05) is 6.92 Å². The van der Waals surface area contributed by atoms with Crippen molar-refractivity contribution in [2.24, 2.45) is 0 Å². The van der Waals surface area contributed by atoms with Gasteiger partial charge in [0.15, 0.2) is 9.84 Å². The van der Waals surface area contributed by atoms with Crippen molar-refractivity contribution in [3.63, 3.8) is 0 Å². The molecule has 0 saturated heterocycles. The second-order valence-corrected chi connectivity index (χ2v) is 7.15. The van der Waals surface area contributed by atoms with Crippen molar-refractivity contribution in [1.82, 2.24) is 5.32 Å². The summed E-state index contributed by atoms with van der Waals surface area (Å²) in [4.78, 5) is 0. The van der Waals surface area contributed by atoms with E-state index in [2.05, 4.69) is 5.32 Å². The predicted molar refractivity (Wildman–Crippen MR) is 73.7 cm³/mol. The van der Waals surface area contributed by atoms with Gasteiger partial charge in [0.25, 0.3) is 0 Å². The van der Waals surface area contributed by atoms with Crippen LogP contribution in [0.25, 0.3) is 0 Å². The van der Waals surface area contributed by atoms with E-state index in [0.29, 0.717) is 0 Å². The van der Waals surface area contributed by atoms with Gasteiger partial charge in [-0.05, 0) is 26.8 Å². The fraction of sp³-hybridized carbons (Fsp3) is 1.00. The summed E-state index contributed by atoms with van der Waals surface area (Å²) in [5.74, 6) is 0.116. The van der Waals surface area contributed by atoms with Gasteiger partial charge in [-0.15, -0.1) is 0 Å². The van der Waals surface area contributed by atoms with Crippen molar-refractivity contribution < 1.29 is 17.9 Å². The highest BCUT2D eigenvalue weighted by molar-refractivity contribution is 7.91. The van der Waals surface area contributed by atoms with E-state index in [4.69, 9.17) is 9.47 Å². The summed E-state index contributed by atoms with van der Waals surface area (Å²) in [6.07, 6.45) is 0.953. The summed E-state index contributed by atoms with van der Waals surface area (Å²) in [5, 5.41) is 3.25. The fourth-order valence-corrected chi connectivity index (χ4v) is 3.13. The number of methoxy groups -OCH3 is 2. The topological polar surface area (TPSA) is 64.6 Å². The Morgan fingerprint density at radius 2 is 1.89 bits per heavy atom. The molecule has 0 bridgehead atoms. The number of rotatable bonds is 10. The van der Waals surface area contributed by atoms with Crippen molar-refractivity contribution in [2.75, 3.05) is 38.9 Å². The third kappa shape index (κ3) is 6.68. The Morgan fingerprint density at radius 3 is 2.33 bits per heavy atom. The van der Waals surface area contributed by atoms with Gasteiger partial charge in [-0.2, -0.15) is 0 Å². The molecule has 0 radical (unpaired) electrons. The lowest BCUT2D eigenvalue weighted by atomic mass is 10.0. The van der Waals surface area contributed by atoms with Crippen molar-refractivity contribution in [2.45, 2.75) is 38.8 Å². The summed E-state index contributed by atoms with van der Waals surface area (Å²) in [6.45, 7) is 6.84. The van der Waals surface area contributed by atoms with Crippen molar-refractivity contribution in [1.29, 1.82) is 0 Å². The number of ether oxygens (including phenoxy) is 2. The van der Waals surface area contributed by atoms with Gasteiger partial charge in [0.2, 0.25) is 0 Å². The lowest BCUT2D eigenvalue weighted by Gasteiger charge is -2.33. The van der Waals surface area contributed by atoms with Gasteiger partial charge < -0.3 is 14.8 Å². The van der Waals surface area contributed by atoms with Crippen LogP contribution in [0.15, 0.2) is 0 Å². The standard InChI is InChI=1S/C12H27NO4S/c1-6-7-13-11(12(2,3)17-5)10-18(14,15)9-8-16-4/h11,13H,6-10H2,1-5H3. The van der Waals surface area contributed by atoms with Crippen molar-refractivity contribution in [3.05, 3.63) is 0 Å². The minimum absolute atomic E-state index is 0.0492. The van der Waals surface area contributed by atoms with E-state index in [9.17, 15) is 8.42 Å². The summed E-state index contributed by atoms with van der Waals surface area (Å²) >= 11 is 0. The molecule has 0 aliphatic carbocycles. The zero-order valence-electron chi connectivity index (χ0n) is 12.2. The third-order valence-corrected chi connectivity index (χ3v) is 4.65. The third-order valence-electron chi connectivity index (χ3n) is 3.03. The first-order chi connectivity index (χ1) is 8.29. The maximum atomic E-state index is 12.0. The summed E-state index contributed by atoms with van der Waals surface area (Å²) in [5.41, 5.74) is -0.519. The number of nitrogens with one attached hydrogen (secondary N) is 1. The largest absolute Gasteiger partial charge is 0.384 e. The molecule has 0 aliphatic heterocycles. The molecular weight excluding hydrogens is 254 g/mol. The summed E-state index contributed by atoms with van der Waals surface area (Å²) in [7, 11) is -0.0331. The first-order valence-corrected chi connectivity index (χ1v) is 8.09. The molecule has 0 heterocycles. The van der Waals surface area contributed by atoms with Gasteiger partial charge in [-0.25, -0.2) is 8.42 Å². The van der Waals surface area contributed by atoms with Crippen LogP contribution >= 0.6 is 0 Å². The van der Waals surface area contributed by atoms with Gasteiger partial charge >= 0.3 is 0 Å². The second kappa shape index (κ2) is 8.09. The molecule has 18 heavy (non-hydrogen) atoms. The maximum Gasteiger partial charge on any atom is 0.154 e. The van der Waals surface area contributed by atoms with Crippen LogP contribution in [-0.2, 0) is 19.3 Å². The number of sulfone groups is 1. The van der Waals surface area contributed by atoms with Crippen LogP contribution in [0.4, 0.5) is 0 Å². The fourth-order valence-electron chi connectivity index (χ4n) is 1.51. The van der Waals surface area contributed by atoms with Crippen LogP contribution < -0.4 is 5.32 Å². The Hall–Kier alpha value is -0.170. The quantitative estimate of drug-likeness (QED) is 0.643. The van der Waals surface area contributed by atoms with Crippen molar-refractivity contribution >= 4 is 9.84 Å². The minimum Gasteiger partial charge on any atom is -0.384 e. The van der Waals surface area contributed by atoms with Crippen molar-refractivity contribution in [3.8, 4) is 0 Å². The average molecular weight is 281 g/mol. The SMILES string of the molecule is CCCNC(CS(=O)(=O)CCOC)C(C)(C)OC. The molecule has 0 aromatic carbocycles. The highest BCUT2D eigenvalue weighted by Crippen LogP contribution is 2.16. The molecule has 0 amide bonds. The van der Waals surface area contributed by atoms with Gasteiger partial charge in [0.1, 0.15) is 0 Å². The van der Waals surface area contributed by atoms with Crippen LogP contribution in [0, 0.1) is 0 Å². The molecule has 110 valence electrons. The zero-order valence-corrected chi connectivity index (χ0v) is 13.0. The molecular formula is C12H27NO4S. The van der Waals surface area contributed by atoms with E-state index in [0.717, 1.165) is 13.0 Å². The van der Waals surface area contributed by atoms with Gasteiger partial charge in [0, 0.05) is 20.3 Å². The Balaban J connectivity index is 4.68. The van der Waals surface area contributed by atoms with E-state index in [1.54, 1.807) is 7.11 Å². The molecule has 1 unspecified atom stereocenters. The first-order valence-electron chi connectivity index (χ1n) is 6.27. The molecule has 0 aromatic heterocycles.